The van der Waals surface area contributed by atoms with Crippen LogP contribution in [0.5, 0.6) is 0 Å². The number of hydrogen-bond donors (Lipinski definition) is 1. The number of anilines is 1. The normalized spacial score (nSPS) is 10.6. The Morgan fingerprint density at radius 3 is 2.38 bits per heavy atom. The minimum Gasteiger partial charge on any atom is -0.334 e. The summed E-state index contributed by atoms with van der Waals surface area (Å²) in [5.74, 6) is -0.257. The molecular formula is C19H20BrN2O3P. The lowest BCUT2D eigenvalue weighted by Crippen LogP contribution is -2.12. The number of halogens is 1. The molecule has 136 valence electrons. The van der Waals surface area contributed by atoms with E-state index in [1.165, 1.54) is 0 Å². The average Bonchev–Trinajstić information content (AvgIpc) is 2.64. The van der Waals surface area contributed by atoms with Gasteiger partial charge in [0.1, 0.15) is 6.07 Å². The van der Waals surface area contributed by atoms with Crippen LogP contribution in [-0.2, 0) is 15.2 Å². The number of amides is 1. The molecule has 0 aromatic heterocycles. The van der Waals surface area contributed by atoms with Crippen LogP contribution in [0.4, 0.5) is 5.69 Å². The van der Waals surface area contributed by atoms with Crippen molar-refractivity contribution in [1.82, 2.24) is 0 Å². The first-order valence-electron chi connectivity index (χ1n) is 8.20. The van der Waals surface area contributed by atoms with Gasteiger partial charge in [-0.15, -0.1) is 0 Å². The maximum atomic E-state index is 12.4. The lowest BCUT2D eigenvalue weighted by molar-refractivity contribution is 0.102. The fourth-order valence-corrected chi connectivity index (χ4v) is 3.94. The summed E-state index contributed by atoms with van der Waals surface area (Å²) in [6, 6.07) is 14.6. The van der Waals surface area contributed by atoms with Gasteiger partial charge in [-0.3, -0.25) is 4.79 Å². The van der Waals surface area contributed by atoms with Gasteiger partial charge < -0.3 is 14.4 Å². The van der Waals surface area contributed by atoms with Gasteiger partial charge in [0.15, 0.2) is 8.38 Å². The van der Waals surface area contributed by atoms with Crippen LogP contribution >= 0.6 is 24.3 Å². The number of hydrogen-bond acceptors (Lipinski definition) is 4. The van der Waals surface area contributed by atoms with Gasteiger partial charge in [0.05, 0.1) is 24.5 Å². The summed E-state index contributed by atoms with van der Waals surface area (Å²) in [5, 5.41) is 12.0. The molecule has 0 spiro atoms. The van der Waals surface area contributed by atoms with Gasteiger partial charge >= 0.3 is 0 Å². The third kappa shape index (κ3) is 5.89. The van der Waals surface area contributed by atoms with E-state index in [1.54, 1.807) is 30.3 Å². The Labute approximate surface area is 163 Å². The Hall–Kier alpha value is -1.77. The number of carbonyl (C=O) groups is 1. The molecule has 0 aliphatic heterocycles. The summed E-state index contributed by atoms with van der Waals surface area (Å²) in [4.78, 5) is 12.4. The third-order valence-electron chi connectivity index (χ3n) is 3.42. The van der Waals surface area contributed by atoms with Crippen molar-refractivity contribution in [2.75, 3.05) is 18.5 Å². The van der Waals surface area contributed by atoms with Crippen molar-refractivity contribution in [1.29, 1.82) is 5.26 Å². The second-order valence-corrected chi connectivity index (χ2v) is 7.69. The fourth-order valence-electron chi connectivity index (χ4n) is 2.24. The Morgan fingerprint density at radius 1 is 1.15 bits per heavy atom. The van der Waals surface area contributed by atoms with E-state index in [2.05, 4.69) is 27.3 Å². The van der Waals surface area contributed by atoms with Crippen LogP contribution in [0.3, 0.4) is 0 Å². The molecule has 1 amide bonds. The van der Waals surface area contributed by atoms with E-state index in [1.807, 2.05) is 26.0 Å². The standard InChI is InChI=1S/C19H20BrN2O3P/c1-3-24-26(25-4-2)13-14-5-7-15(8-6-14)19(23)22-18-10-9-17(20)11-16(18)12-21/h5-11H,3-4,13H2,1-2H3,(H,22,23). The first kappa shape index (κ1) is 20.5. The fraction of sp³-hybridized carbons (Fsp3) is 0.263. The number of nitrogens with zero attached hydrogens (tertiary/aromatic N) is 1. The smallest absolute Gasteiger partial charge is 0.255 e. The van der Waals surface area contributed by atoms with Crippen LogP contribution < -0.4 is 5.32 Å². The summed E-state index contributed by atoms with van der Waals surface area (Å²) in [6.45, 7) is 5.11. The molecule has 1 N–H and O–H groups in total. The zero-order valence-electron chi connectivity index (χ0n) is 14.7. The van der Waals surface area contributed by atoms with Gasteiger partial charge in [-0.1, -0.05) is 28.1 Å². The molecule has 2 rings (SSSR count). The second-order valence-electron chi connectivity index (χ2n) is 5.28. The average molecular weight is 435 g/mol. The highest BCUT2D eigenvalue weighted by Crippen LogP contribution is 2.41. The second kappa shape index (κ2) is 10.4. The van der Waals surface area contributed by atoms with Crippen LogP contribution in [0, 0.1) is 11.3 Å². The minimum atomic E-state index is -0.953. The first-order chi connectivity index (χ1) is 12.6. The molecule has 2 aromatic carbocycles. The van der Waals surface area contributed by atoms with E-state index >= 15 is 0 Å². The predicted octanol–water partition coefficient (Wildman–Crippen LogP) is 5.46. The lowest BCUT2D eigenvalue weighted by Gasteiger charge is -2.15. The first-order valence-corrected chi connectivity index (χ1v) is 10.4. The number of nitrogens with one attached hydrogen (secondary N) is 1. The van der Waals surface area contributed by atoms with E-state index in [-0.39, 0.29) is 5.91 Å². The molecule has 0 atom stereocenters. The van der Waals surface area contributed by atoms with Crippen molar-refractivity contribution < 1.29 is 13.8 Å². The van der Waals surface area contributed by atoms with Crippen LogP contribution in [-0.4, -0.2) is 19.1 Å². The molecule has 0 bridgehead atoms. The van der Waals surface area contributed by atoms with Gasteiger partial charge in [0.25, 0.3) is 5.91 Å². The van der Waals surface area contributed by atoms with Gasteiger partial charge in [-0.05, 0) is 49.7 Å². The van der Waals surface area contributed by atoms with Crippen molar-refractivity contribution in [2.45, 2.75) is 20.0 Å². The maximum absolute atomic E-state index is 12.4. The summed E-state index contributed by atoms with van der Waals surface area (Å²) < 4.78 is 12.0. The van der Waals surface area contributed by atoms with Crippen LogP contribution in [0.15, 0.2) is 46.9 Å². The molecular weight excluding hydrogens is 415 g/mol. The molecule has 2 aromatic rings. The van der Waals surface area contributed by atoms with E-state index in [0.29, 0.717) is 36.2 Å². The molecule has 0 aliphatic carbocycles. The SMILES string of the molecule is CCOP(Cc1ccc(C(=O)Nc2ccc(Br)cc2C#N)cc1)OCC. The molecule has 0 fully saturated rings. The quantitative estimate of drug-likeness (QED) is 0.560. The maximum Gasteiger partial charge on any atom is 0.255 e. The van der Waals surface area contributed by atoms with E-state index in [9.17, 15) is 10.1 Å². The van der Waals surface area contributed by atoms with Gasteiger partial charge in [0.2, 0.25) is 0 Å². The predicted molar refractivity (Wildman–Crippen MR) is 107 cm³/mol. The van der Waals surface area contributed by atoms with Crippen molar-refractivity contribution in [2.24, 2.45) is 0 Å². The number of benzene rings is 2. The van der Waals surface area contributed by atoms with Crippen LogP contribution in [0.2, 0.25) is 0 Å². The Balaban J connectivity index is 2.06. The number of nitriles is 1. The largest absolute Gasteiger partial charge is 0.334 e. The van der Waals surface area contributed by atoms with E-state index in [4.69, 9.17) is 9.05 Å². The topological polar surface area (TPSA) is 71.3 Å². The highest BCUT2D eigenvalue weighted by molar-refractivity contribution is 9.10. The Kier molecular flexibility index (Phi) is 8.21. The molecule has 26 heavy (non-hydrogen) atoms. The van der Waals surface area contributed by atoms with E-state index < -0.39 is 8.38 Å². The molecule has 0 saturated carbocycles. The van der Waals surface area contributed by atoms with Crippen LogP contribution in [0.1, 0.15) is 35.3 Å². The van der Waals surface area contributed by atoms with Crippen LogP contribution in [0.25, 0.3) is 0 Å². The number of carbonyl (C=O) groups excluding carboxylic acids is 1. The van der Waals surface area contributed by atoms with Gasteiger partial charge in [-0.2, -0.15) is 5.26 Å². The van der Waals surface area contributed by atoms with Crippen molar-refractivity contribution in [3.63, 3.8) is 0 Å². The summed E-state index contributed by atoms with van der Waals surface area (Å²) in [6.07, 6.45) is 0.685. The molecule has 0 radical (unpaired) electrons. The molecule has 0 saturated heterocycles. The number of rotatable bonds is 8. The van der Waals surface area contributed by atoms with Crippen molar-refractivity contribution in [3.8, 4) is 6.07 Å². The molecule has 7 heteroatoms. The molecule has 0 aliphatic rings. The molecule has 0 heterocycles. The summed E-state index contributed by atoms with van der Waals surface area (Å²) >= 11 is 3.32. The van der Waals surface area contributed by atoms with Gasteiger partial charge in [-0.25, -0.2) is 0 Å². The third-order valence-corrected chi connectivity index (χ3v) is 5.63. The monoisotopic (exact) mass is 434 g/mol. The zero-order valence-corrected chi connectivity index (χ0v) is 17.1. The highest BCUT2D eigenvalue weighted by atomic mass is 79.9. The van der Waals surface area contributed by atoms with Crippen molar-refractivity contribution in [3.05, 3.63) is 63.6 Å². The molecule has 5 nitrogen and oxygen atoms in total. The van der Waals surface area contributed by atoms with Crippen molar-refractivity contribution >= 4 is 35.9 Å². The Bertz CT molecular complexity index is 784. The summed E-state index contributed by atoms with van der Waals surface area (Å²) in [7, 11) is -0.953. The molecule has 0 unspecified atom stereocenters. The Morgan fingerprint density at radius 2 is 1.81 bits per heavy atom. The van der Waals surface area contributed by atoms with Gasteiger partial charge in [0, 0.05) is 16.2 Å². The highest BCUT2D eigenvalue weighted by Gasteiger charge is 2.13. The van der Waals surface area contributed by atoms with E-state index in [0.717, 1.165) is 10.0 Å². The zero-order chi connectivity index (χ0) is 18.9. The lowest BCUT2D eigenvalue weighted by atomic mass is 10.1. The summed E-state index contributed by atoms with van der Waals surface area (Å²) in [5.41, 5.74) is 2.47. The minimum absolute atomic E-state index is 0.257.